The monoisotopic (exact) mass is 308 g/mol. The second kappa shape index (κ2) is 7.25. The molecule has 0 aliphatic carbocycles. The molecule has 0 spiro atoms. The molecule has 21 heavy (non-hydrogen) atoms. The van der Waals surface area contributed by atoms with Crippen LogP contribution in [0.15, 0.2) is 24.5 Å². The molecule has 0 bridgehead atoms. The van der Waals surface area contributed by atoms with Gasteiger partial charge in [0.15, 0.2) is 0 Å². The highest BCUT2D eigenvalue weighted by Gasteiger charge is 2.12. The van der Waals surface area contributed by atoms with Crippen LogP contribution in [0.5, 0.6) is 0 Å². The molecule has 0 aromatic carbocycles. The third-order valence-corrected chi connectivity index (χ3v) is 3.60. The molecule has 0 aliphatic heterocycles. The van der Waals surface area contributed by atoms with Crippen LogP contribution in [0, 0.1) is 5.92 Å². The normalized spacial score (nSPS) is 13.5. The van der Waals surface area contributed by atoms with Gasteiger partial charge < -0.3 is 14.6 Å². The van der Waals surface area contributed by atoms with E-state index in [-0.39, 0.29) is 0 Å². The van der Waals surface area contributed by atoms with Crippen LogP contribution in [-0.4, -0.2) is 41.0 Å². The van der Waals surface area contributed by atoms with Crippen molar-refractivity contribution in [1.29, 1.82) is 0 Å². The van der Waals surface area contributed by atoms with Gasteiger partial charge in [0.2, 0.25) is 0 Å². The molecule has 0 aliphatic rings. The van der Waals surface area contributed by atoms with Gasteiger partial charge in [0.1, 0.15) is 5.65 Å². The van der Waals surface area contributed by atoms with Gasteiger partial charge in [0.05, 0.1) is 10.7 Å². The smallest absolute Gasteiger partial charge is 0.137 e. The number of pyridine rings is 1. The third kappa shape index (κ3) is 4.99. The summed E-state index contributed by atoms with van der Waals surface area (Å²) in [5.41, 5.74) is 1.98. The number of likely N-dealkylation sites (N-methyl/N-ethyl adjacent to an activating group) is 1. The zero-order chi connectivity index (χ0) is 15.4. The summed E-state index contributed by atoms with van der Waals surface area (Å²) in [4.78, 5) is 6.84. The molecule has 0 amide bonds. The molecular weight excluding hydrogens is 284 g/mol. The number of rotatable bonds is 7. The van der Waals surface area contributed by atoms with Crippen molar-refractivity contribution in [3.8, 4) is 0 Å². The van der Waals surface area contributed by atoms with Crippen LogP contribution in [-0.2, 0) is 6.54 Å². The molecule has 2 heterocycles. The van der Waals surface area contributed by atoms with E-state index in [9.17, 15) is 0 Å². The standard InChI is InChI=1S/C16H25ClN4/c1-12(2)7-14(10-20(3)4)18-8-15-11-21-9-13(17)5-6-16(21)19-15/h5-6,9,11-12,14,18H,7-8,10H2,1-4H3. The van der Waals surface area contributed by atoms with Crippen LogP contribution in [0.3, 0.4) is 0 Å². The highest BCUT2D eigenvalue weighted by molar-refractivity contribution is 6.30. The first-order chi connectivity index (χ1) is 9.94. The molecule has 1 N–H and O–H groups in total. The van der Waals surface area contributed by atoms with Gasteiger partial charge >= 0.3 is 0 Å². The molecule has 0 radical (unpaired) electrons. The summed E-state index contributed by atoms with van der Waals surface area (Å²) in [6.45, 7) is 6.34. The minimum atomic E-state index is 0.480. The molecule has 0 saturated carbocycles. The second-order valence-corrected chi connectivity index (χ2v) is 6.75. The number of nitrogens with one attached hydrogen (secondary N) is 1. The zero-order valence-corrected chi connectivity index (χ0v) is 14.1. The Kier molecular flexibility index (Phi) is 5.62. The van der Waals surface area contributed by atoms with Crippen molar-refractivity contribution in [1.82, 2.24) is 19.6 Å². The summed E-state index contributed by atoms with van der Waals surface area (Å²) >= 11 is 6.00. The minimum Gasteiger partial charge on any atom is -0.308 e. The van der Waals surface area contributed by atoms with E-state index in [0.717, 1.165) is 35.9 Å². The van der Waals surface area contributed by atoms with Crippen LogP contribution >= 0.6 is 11.6 Å². The molecule has 2 aromatic rings. The third-order valence-electron chi connectivity index (χ3n) is 3.38. The van der Waals surface area contributed by atoms with E-state index in [1.165, 1.54) is 0 Å². The summed E-state index contributed by atoms with van der Waals surface area (Å²) in [5, 5.41) is 4.35. The molecule has 1 atom stereocenters. The number of nitrogens with zero attached hydrogens (tertiary/aromatic N) is 3. The SMILES string of the molecule is CC(C)CC(CN(C)C)NCc1cn2cc(Cl)ccc2n1. The van der Waals surface area contributed by atoms with Gasteiger partial charge in [0, 0.05) is 31.5 Å². The second-order valence-electron chi connectivity index (χ2n) is 6.31. The van der Waals surface area contributed by atoms with Crippen molar-refractivity contribution in [3.05, 3.63) is 35.2 Å². The fraction of sp³-hybridized carbons (Fsp3) is 0.562. The average Bonchev–Trinajstić information content (AvgIpc) is 2.76. The first-order valence-electron chi connectivity index (χ1n) is 7.45. The van der Waals surface area contributed by atoms with E-state index >= 15 is 0 Å². The highest BCUT2D eigenvalue weighted by Crippen LogP contribution is 2.12. The van der Waals surface area contributed by atoms with E-state index in [0.29, 0.717) is 12.0 Å². The highest BCUT2D eigenvalue weighted by atomic mass is 35.5. The summed E-state index contributed by atoms with van der Waals surface area (Å²) < 4.78 is 1.97. The maximum Gasteiger partial charge on any atom is 0.137 e. The fourth-order valence-electron chi connectivity index (χ4n) is 2.58. The maximum absolute atomic E-state index is 6.00. The van der Waals surface area contributed by atoms with Gasteiger partial charge in [-0.25, -0.2) is 4.98 Å². The van der Waals surface area contributed by atoms with Crippen LogP contribution in [0.4, 0.5) is 0 Å². The van der Waals surface area contributed by atoms with Crippen LogP contribution in [0.25, 0.3) is 5.65 Å². The molecule has 2 rings (SSSR count). The van der Waals surface area contributed by atoms with Crippen LogP contribution in [0.1, 0.15) is 26.0 Å². The predicted octanol–water partition coefficient (Wildman–Crippen LogP) is 3.05. The minimum absolute atomic E-state index is 0.480. The molecule has 2 aromatic heterocycles. The van der Waals surface area contributed by atoms with E-state index in [2.05, 4.69) is 43.1 Å². The Hall–Kier alpha value is -1.10. The topological polar surface area (TPSA) is 32.6 Å². The van der Waals surface area contributed by atoms with E-state index in [4.69, 9.17) is 11.6 Å². The number of hydrogen-bond acceptors (Lipinski definition) is 3. The maximum atomic E-state index is 6.00. The largest absolute Gasteiger partial charge is 0.308 e. The molecule has 1 unspecified atom stereocenters. The predicted molar refractivity (Wildman–Crippen MR) is 88.8 cm³/mol. The molecule has 0 saturated heterocycles. The lowest BCUT2D eigenvalue weighted by Crippen LogP contribution is -2.38. The summed E-state index contributed by atoms with van der Waals surface area (Å²) in [6.07, 6.45) is 5.09. The summed E-state index contributed by atoms with van der Waals surface area (Å²) in [6, 6.07) is 4.29. The number of aromatic nitrogens is 2. The van der Waals surface area contributed by atoms with E-state index in [1.54, 1.807) is 0 Å². The Morgan fingerprint density at radius 1 is 1.29 bits per heavy atom. The Morgan fingerprint density at radius 3 is 2.71 bits per heavy atom. The van der Waals surface area contributed by atoms with Crippen molar-refractivity contribution in [3.63, 3.8) is 0 Å². The number of hydrogen-bond donors (Lipinski definition) is 1. The first-order valence-corrected chi connectivity index (χ1v) is 7.83. The summed E-state index contributed by atoms with van der Waals surface area (Å²) in [5.74, 6) is 0.683. The first kappa shape index (κ1) is 16.3. The molecule has 116 valence electrons. The molecule has 4 nitrogen and oxygen atoms in total. The van der Waals surface area contributed by atoms with E-state index < -0.39 is 0 Å². The number of fused-ring (bicyclic) bond motifs is 1. The Labute approximate surface area is 132 Å². The molecule has 5 heteroatoms. The van der Waals surface area contributed by atoms with Crippen LogP contribution in [0.2, 0.25) is 5.02 Å². The van der Waals surface area contributed by atoms with Gasteiger partial charge in [-0.15, -0.1) is 0 Å². The quantitative estimate of drug-likeness (QED) is 0.853. The Bertz CT molecular complexity index is 567. The molecule has 0 fully saturated rings. The van der Waals surface area contributed by atoms with Crippen molar-refractivity contribution in [2.75, 3.05) is 20.6 Å². The van der Waals surface area contributed by atoms with Gasteiger partial charge in [-0.2, -0.15) is 0 Å². The summed E-state index contributed by atoms with van der Waals surface area (Å²) in [7, 11) is 4.23. The zero-order valence-electron chi connectivity index (χ0n) is 13.3. The van der Waals surface area contributed by atoms with E-state index in [1.807, 2.05) is 28.9 Å². The number of imidazole rings is 1. The van der Waals surface area contributed by atoms with Crippen molar-refractivity contribution < 1.29 is 0 Å². The average molecular weight is 309 g/mol. The van der Waals surface area contributed by atoms with Crippen molar-refractivity contribution >= 4 is 17.2 Å². The van der Waals surface area contributed by atoms with Gasteiger partial charge in [-0.05, 0) is 38.6 Å². The fourth-order valence-corrected chi connectivity index (χ4v) is 2.75. The Morgan fingerprint density at radius 2 is 2.05 bits per heavy atom. The number of halogens is 1. The van der Waals surface area contributed by atoms with Crippen molar-refractivity contribution in [2.45, 2.75) is 32.9 Å². The van der Waals surface area contributed by atoms with Crippen molar-refractivity contribution in [2.24, 2.45) is 5.92 Å². The lowest BCUT2D eigenvalue weighted by molar-refractivity contribution is 0.304. The molecular formula is C16H25ClN4. The lowest BCUT2D eigenvalue weighted by atomic mass is 10.0. The van der Waals surface area contributed by atoms with Gasteiger partial charge in [-0.3, -0.25) is 0 Å². The van der Waals surface area contributed by atoms with Gasteiger partial charge in [-0.1, -0.05) is 25.4 Å². The Balaban J connectivity index is 2.00. The van der Waals surface area contributed by atoms with Crippen LogP contribution < -0.4 is 5.32 Å². The van der Waals surface area contributed by atoms with Gasteiger partial charge in [0.25, 0.3) is 0 Å². The lowest BCUT2D eigenvalue weighted by Gasteiger charge is -2.23.